The first-order valence-electron chi connectivity index (χ1n) is 4.48. The van der Waals surface area contributed by atoms with Crippen molar-refractivity contribution in [3.8, 4) is 12.3 Å². The number of ketones is 1. The van der Waals surface area contributed by atoms with E-state index in [1.54, 1.807) is 6.92 Å². The largest absolute Gasteiger partial charge is 0.365 e. The number of hydrogen-bond acceptors (Lipinski definition) is 2. The van der Waals surface area contributed by atoms with Gasteiger partial charge in [0.15, 0.2) is 0 Å². The number of terminal acetylenes is 1. The first kappa shape index (κ1) is 12.2. The lowest BCUT2D eigenvalue weighted by Crippen LogP contribution is -2.28. The van der Waals surface area contributed by atoms with Gasteiger partial charge in [-0.2, -0.15) is 0 Å². The molecule has 2 heteroatoms. The fraction of sp³-hybridized carbons (Fsp3) is 0.727. The molecule has 0 saturated carbocycles. The molecule has 0 aliphatic carbocycles. The van der Waals surface area contributed by atoms with Gasteiger partial charge in [-0.3, -0.25) is 4.79 Å². The van der Waals surface area contributed by atoms with E-state index in [0.29, 0.717) is 18.8 Å². The Morgan fingerprint density at radius 3 is 2.46 bits per heavy atom. The van der Waals surface area contributed by atoms with Gasteiger partial charge in [0.2, 0.25) is 0 Å². The zero-order chi connectivity index (χ0) is 10.5. The van der Waals surface area contributed by atoms with Crippen LogP contribution in [-0.2, 0) is 9.53 Å². The molecule has 0 amide bonds. The SMILES string of the molecule is C#CC(C)(CC(=O)CC(C)C)OC. The highest BCUT2D eigenvalue weighted by Gasteiger charge is 2.24. The standard InChI is InChI=1S/C11H18O2/c1-6-11(4,13-5)8-10(12)7-9(2)3/h1,9H,7-8H2,2-5H3. The molecule has 1 unspecified atom stereocenters. The topological polar surface area (TPSA) is 26.3 Å². The van der Waals surface area contributed by atoms with Crippen molar-refractivity contribution in [2.45, 2.75) is 39.2 Å². The molecular formula is C11H18O2. The third-order valence-electron chi connectivity index (χ3n) is 1.93. The van der Waals surface area contributed by atoms with Crippen LogP contribution in [0, 0.1) is 18.3 Å². The van der Waals surface area contributed by atoms with E-state index in [9.17, 15) is 4.79 Å². The van der Waals surface area contributed by atoms with Gasteiger partial charge >= 0.3 is 0 Å². The van der Waals surface area contributed by atoms with Crippen LogP contribution in [0.15, 0.2) is 0 Å². The number of carbonyl (C=O) groups excluding carboxylic acids is 1. The Balaban J connectivity index is 4.12. The fourth-order valence-corrected chi connectivity index (χ4v) is 1.09. The second-order valence-corrected chi connectivity index (χ2v) is 3.89. The predicted octanol–water partition coefficient (Wildman–Crippen LogP) is 2.03. The van der Waals surface area contributed by atoms with Crippen molar-refractivity contribution in [2.75, 3.05) is 7.11 Å². The van der Waals surface area contributed by atoms with E-state index >= 15 is 0 Å². The zero-order valence-electron chi connectivity index (χ0n) is 8.89. The van der Waals surface area contributed by atoms with E-state index in [-0.39, 0.29) is 5.78 Å². The molecule has 0 heterocycles. The van der Waals surface area contributed by atoms with Gasteiger partial charge in [-0.05, 0) is 12.8 Å². The third kappa shape index (κ3) is 4.69. The van der Waals surface area contributed by atoms with Gasteiger partial charge in [-0.15, -0.1) is 6.42 Å². The molecule has 0 N–H and O–H groups in total. The molecule has 2 nitrogen and oxygen atoms in total. The molecule has 0 radical (unpaired) electrons. The highest BCUT2D eigenvalue weighted by atomic mass is 16.5. The van der Waals surface area contributed by atoms with Crippen LogP contribution in [-0.4, -0.2) is 18.5 Å². The van der Waals surface area contributed by atoms with Crippen molar-refractivity contribution in [3.05, 3.63) is 0 Å². The van der Waals surface area contributed by atoms with Gasteiger partial charge < -0.3 is 4.74 Å². The van der Waals surface area contributed by atoms with Crippen molar-refractivity contribution in [1.82, 2.24) is 0 Å². The van der Waals surface area contributed by atoms with Crippen molar-refractivity contribution < 1.29 is 9.53 Å². The highest BCUT2D eigenvalue weighted by molar-refractivity contribution is 5.80. The molecule has 0 aromatic heterocycles. The number of rotatable bonds is 5. The summed E-state index contributed by atoms with van der Waals surface area (Å²) in [6.45, 7) is 5.78. The van der Waals surface area contributed by atoms with E-state index in [1.807, 2.05) is 13.8 Å². The van der Waals surface area contributed by atoms with Crippen LogP contribution in [0.2, 0.25) is 0 Å². The van der Waals surface area contributed by atoms with Crippen molar-refractivity contribution >= 4 is 5.78 Å². The highest BCUT2D eigenvalue weighted by Crippen LogP contribution is 2.16. The maximum absolute atomic E-state index is 11.4. The van der Waals surface area contributed by atoms with Crippen molar-refractivity contribution in [1.29, 1.82) is 0 Å². The minimum Gasteiger partial charge on any atom is -0.365 e. The molecule has 0 saturated heterocycles. The summed E-state index contributed by atoms with van der Waals surface area (Å²) in [5.41, 5.74) is -0.730. The Morgan fingerprint density at radius 2 is 2.15 bits per heavy atom. The molecule has 13 heavy (non-hydrogen) atoms. The number of hydrogen-bond donors (Lipinski definition) is 0. The number of carbonyl (C=O) groups is 1. The normalized spacial score (nSPS) is 15.1. The van der Waals surface area contributed by atoms with Crippen LogP contribution in [0.25, 0.3) is 0 Å². The molecule has 0 aliphatic rings. The smallest absolute Gasteiger partial charge is 0.137 e. The van der Waals surface area contributed by atoms with Crippen LogP contribution in [0.5, 0.6) is 0 Å². The summed E-state index contributed by atoms with van der Waals surface area (Å²) in [4.78, 5) is 11.4. The number of methoxy groups -OCH3 is 1. The van der Waals surface area contributed by atoms with E-state index < -0.39 is 5.60 Å². The Kier molecular flexibility index (Phi) is 4.72. The monoisotopic (exact) mass is 182 g/mol. The summed E-state index contributed by atoms with van der Waals surface area (Å²) < 4.78 is 5.08. The molecular weight excluding hydrogens is 164 g/mol. The molecule has 0 bridgehead atoms. The Hall–Kier alpha value is -0.810. The number of ether oxygens (including phenoxy) is 1. The summed E-state index contributed by atoms with van der Waals surface area (Å²) in [5.74, 6) is 3.03. The summed E-state index contributed by atoms with van der Waals surface area (Å²) >= 11 is 0. The molecule has 0 rings (SSSR count). The summed E-state index contributed by atoms with van der Waals surface area (Å²) in [6, 6.07) is 0. The maximum atomic E-state index is 11.4. The summed E-state index contributed by atoms with van der Waals surface area (Å²) in [6.07, 6.45) is 6.14. The summed E-state index contributed by atoms with van der Waals surface area (Å²) in [5, 5.41) is 0. The van der Waals surface area contributed by atoms with E-state index in [2.05, 4.69) is 5.92 Å². The lowest BCUT2D eigenvalue weighted by atomic mass is 9.95. The van der Waals surface area contributed by atoms with Gasteiger partial charge in [0.05, 0.1) is 0 Å². The number of Topliss-reactive ketones (excluding diaryl/α,β-unsaturated/α-hetero) is 1. The first-order valence-corrected chi connectivity index (χ1v) is 4.48. The summed E-state index contributed by atoms with van der Waals surface area (Å²) in [7, 11) is 1.53. The minimum atomic E-state index is -0.730. The molecule has 0 aromatic carbocycles. The van der Waals surface area contributed by atoms with Crippen LogP contribution in [0.4, 0.5) is 0 Å². The average Bonchev–Trinajstić information content (AvgIpc) is 2.02. The lowest BCUT2D eigenvalue weighted by Gasteiger charge is -2.20. The lowest BCUT2D eigenvalue weighted by molar-refractivity contribution is -0.123. The quantitative estimate of drug-likeness (QED) is 0.608. The van der Waals surface area contributed by atoms with Crippen LogP contribution >= 0.6 is 0 Å². The van der Waals surface area contributed by atoms with Crippen molar-refractivity contribution in [2.24, 2.45) is 5.92 Å². The van der Waals surface area contributed by atoms with Gasteiger partial charge in [0.25, 0.3) is 0 Å². The van der Waals surface area contributed by atoms with Crippen LogP contribution in [0.3, 0.4) is 0 Å². The molecule has 74 valence electrons. The van der Waals surface area contributed by atoms with Gasteiger partial charge in [-0.1, -0.05) is 19.8 Å². The average molecular weight is 182 g/mol. The fourth-order valence-electron chi connectivity index (χ4n) is 1.09. The molecule has 1 atom stereocenters. The van der Waals surface area contributed by atoms with E-state index in [0.717, 1.165) is 0 Å². The third-order valence-corrected chi connectivity index (χ3v) is 1.93. The van der Waals surface area contributed by atoms with Crippen LogP contribution in [0.1, 0.15) is 33.6 Å². The molecule has 0 fully saturated rings. The van der Waals surface area contributed by atoms with Crippen LogP contribution < -0.4 is 0 Å². The van der Waals surface area contributed by atoms with Gasteiger partial charge in [-0.25, -0.2) is 0 Å². The van der Waals surface area contributed by atoms with E-state index in [4.69, 9.17) is 11.2 Å². The Morgan fingerprint density at radius 1 is 1.62 bits per heavy atom. The molecule has 0 aliphatic heterocycles. The maximum Gasteiger partial charge on any atom is 0.137 e. The minimum absolute atomic E-state index is 0.164. The first-order chi connectivity index (χ1) is 5.93. The Labute approximate surface area is 80.7 Å². The predicted molar refractivity (Wildman–Crippen MR) is 53.3 cm³/mol. The Bertz CT molecular complexity index is 213. The second-order valence-electron chi connectivity index (χ2n) is 3.89. The second kappa shape index (κ2) is 5.04. The van der Waals surface area contributed by atoms with Gasteiger partial charge in [0, 0.05) is 20.0 Å². The molecule has 0 spiro atoms. The van der Waals surface area contributed by atoms with Crippen molar-refractivity contribution in [3.63, 3.8) is 0 Å². The zero-order valence-corrected chi connectivity index (χ0v) is 8.89. The van der Waals surface area contributed by atoms with Gasteiger partial charge in [0.1, 0.15) is 11.4 Å². The van der Waals surface area contributed by atoms with E-state index in [1.165, 1.54) is 7.11 Å². The molecule has 0 aromatic rings.